The first-order valence-corrected chi connectivity index (χ1v) is 6.99. The van der Waals surface area contributed by atoms with Gasteiger partial charge in [-0.2, -0.15) is 0 Å². The highest BCUT2D eigenvalue weighted by atomic mass is 14.9. The molecule has 0 radical (unpaired) electrons. The van der Waals surface area contributed by atoms with Gasteiger partial charge in [-0.05, 0) is 43.5 Å². The predicted molar refractivity (Wildman–Crippen MR) is 76.5 cm³/mol. The van der Waals surface area contributed by atoms with Crippen LogP contribution in [0, 0.1) is 13.8 Å². The molecule has 0 amide bonds. The van der Waals surface area contributed by atoms with Gasteiger partial charge in [0.05, 0.1) is 0 Å². The predicted octanol–water partition coefficient (Wildman–Crippen LogP) is 4.53. The lowest BCUT2D eigenvalue weighted by Gasteiger charge is -2.19. The second-order valence-corrected chi connectivity index (χ2v) is 4.95. The first-order chi connectivity index (χ1) is 8.19. The Morgan fingerprint density at radius 1 is 1.06 bits per heavy atom. The second kappa shape index (κ2) is 7.50. The summed E-state index contributed by atoms with van der Waals surface area (Å²) in [4.78, 5) is 0. The Labute approximate surface area is 107 Å². The van der Waals surface area contributed by atoms with Crippen LogP contribution < -0.4 is 5.32 Å². The zero-order valence-corrected chi connectivity index (χ0v) is 11.8. The molecule has 1 aromatic carbocycles. The normalized spacial score (nSPS) is 12.7. The van der Waals surface area contributed by atoms with E-state index in [-0.39, 0.29) is 0 Å². The molecular formula is C16H27N. The van der Waals surface area contributed by atoms with E-state index >= 15 is 0 Å². The van der Waals surface area contributed by atoms with E-state index in [1.807, 2.05) is 0 Å². The summed E-state index contributed by atoms with van der Waals surface area (Å²) >= 11 is 0. The smallest absolute Gasteiger partial charge is 0.0320 e. The van der Waals surface area contributed by atoms with Crippen LogP contribution in [0.15, 0.2) is 18.2 Å². The monoisotopic (exact) mass is 233 g/mol. The van der Waals surface area contributed by atoms with Crippen LogP contribution in [0.5, 0.6) is 0 Å². The summed E-state index contributed by atoms with van der Waals surface area (Å²) in [5.74, 6) is 0. The van der Waals surface area contributed by atoms with E-state index in [0.29, 0.717) is 6.04 Å². The SMILES string of the molecule is CCCCCC(NCC)c1ccc(C)c(C)c1. The molecule has 0 aliphatic carbocycles. The fourth-order valence-corrected chi connectivity index (χ4v) is 2.21. The highest BCUT2D eigenvalue weighted by molar-refractivity contribution is 5.31. The van der Waals surface area contributed by atoms with Gasteiger partial charge in [-0.3, -0.25) is 0 Å². The zero-order valence-electron chi connectivity index (χ0n) is 11.8. The fourth-order valence-electron chi connectivity index (χ4n) is 2.21. The molecule has 0 aliphatic rings. The Morgan fingerprint density at radius 3 is 2.41 bits per heavy atom. The van der Waals surface area contributed by atoms with Gasteiger partial charge in [0.1, 0.15) is 0 Å². The Balaban J connectivity index is 2.70. The molecule has 1 unspecified atom stereocenters. The molecule has 0 aliphatic heterocycles. The minimum Gasteiger partial charge on any atom is -0.310 e. The van der Waals surface area contributed by atoms with E-state index < -0.39 is 0 Å². The average molecular weight is 233 g/mol. The summed E-state index contributed by atoms with van der Waals surface area (Å²) in [6.07, 6.45) is 5.21. The van der Waals surface area contributed by atoms with Crippen LogP contribution in [0.3, 0.4) is 0 Å². The Hall–Kier alpha value is -0.820. The first-order valence-electron chi connectivity index (χ1n) is 6.99. The van der Waals surface area contributed by atoms with Crippen molar-refractivity contribution < 1.29 is 0 Å². The molecule has 0 heterocycles. The molecule has 1 aromatic rings. The van der Waals surface area contributed by atoms with E-state index in [1.165, 1.54) is 42.4 Å². The minimum absolute atomic E-state index is 0.533. The number of benzene rings is 1. The molecule has 1 heteroatoms. The number of aryl methyl sites for hydroxylation is 2. The van der Waals surface area contributed by atoms with Crippen molar-refractivity contribution in [1.29, 1.82) is 0 Å². The molecule has 96 valence electrons. The van der Waals surface area contributed by atoms with E-state index in [9.17, 15) is 0 Å². The summed E-state index contributed by atoms with van der Waals surface area (Å²) in [7, 11) is 0. The zero-order chi connectivity index (χ0) is 12.7. The van der Waals surface area contributed by atoms with Crippen molar-refractivity contribution in [2.75, 3.05) is 6.54 Å². The van der Waals surface area contributed by atoms with Gasteiger partial charge in [0.15, 0.2) is 0 Å². The molecule has 0 bridgehead atoms. The van der Waals surface area contributed by atoms with E-state index in [1.54, 1.807) is 0 Å². The molecule has 0 fully saturated rings. The van der Waals surface area contributed by atoms with Crippen molar-refractivity contribution in [3.63, 3.8) is 0 Å². The standard InChI is InChI=1S/C16H27N/c1-5-7-8-9-16(17-6-2)15-11-10-13(3)14(4)12-15/h10-12,16-17H,5-9H2,1-4H3. The minimum atomic E-state index is 0.533. The molecule has 1 atom stereocenters. The van der Waals surface area contributed by atoms with Crippen LogP contribution in [0.4, 0.5) is 0 Å². The van der Waals surface area contributed by atoms with E-state index in [4.69, 9.17) is 0 Å². The summed E-state index contributed by atoms with van der Waals surface area (Å²) < 4.78 is 0. The number of nitrogens with one attached hydrogen (secondary N) is 1. The van der Waals surface area contributed by atoms with Gasteiger partial charge >= 0.3 is 0 Å². The van der Waals surface area contributed by atoms with Crippen molar-refractivity contribution in [2.24, 2.45) is 0 Å². The van der Waals surface area contributed by atoms with Gasteiger partial charge in [0.25, 0.3) is 0 Å². The summed E-state index contributed by atoms with van der Waals surface area (Å²) in [5.41, 5.74) is 4.24. The van der Waals surface area contributed by atoms with Crippen molar-refractivity contribution in [3.8, 4) is 0 Å². The van der Waals surface area contributed by atoms with Gasteiger partial charge in [-0.1, -0.05) is 51.3 Å². The van der Waals surface area contributed by atoms with Gasteiger partial charge in [0, 0.05) is 6.04 Å². The van der Waals surface area contributed by atoms with Crippen LogP contribution in [0.1, 0.15) is 62.3 Å². The van der Waals surface area contributed by atoms with Crippen molar-refractivity contribution in [3.05, 3.63) is 34.9 Å². The van der Waals surface area contributed by atoms with Crippen molar-refractivity contribution in [2.45, 2.75) is 59.4 Å². The molecule has 1 N–H and O–H groups in total. The van der Waals surface area contributed by atoms with Crippen molar-refractivity contribution >= 4 is 0 Å². The van der Waals surface area contributed by atoms with E-state index in [2.05, 4.69) is 51.2 Å². The van der Waals surface area contributed by atoms with Gasteiger partial charge in [-0.25, -0.2) is 0 Å². The number of rotatable bonds is 7. The highest BCUT2D eigenvalue weighted by Crippen LogP contribution is 2.22. The molecule has 0 aromatic heterocycles. The van der Waals surface area contributed by atoms with Crippen LogP contribution in [0.2, 0.25) is 0 Å². The van der Waals surface area contributed by atoms with Crippen LogP contribution in [-0.2, 0) is 0 Å². The fraction of sp³-hybridized carbons (Fsp3) is 0.625. The maximum Gasteiger partial charge on any atom is 0.0320 e. The molecule has 0 saturated heterocycles. The molecule has 1 nitrogen and oxygen atoms in total. The maximum absolute atomic E-state index is 3.60. The second-order valence-electron chi connectivity index (χ2n) is 4.95. The Bertz CT molecular complexity index is 330. The van der Waals surface area contributed by atoms with Gasteiger partial charge < -0.3 is 5.32 Å². The van der Waals surface area contributed by atoms with Crippen LogP contribution >= 0.6 is 0 Å². The quantitative estimate of drug-likeness (QED) is 0.682. The highest BCUT2D eigenvalue weighted by Gasteiger charge is 2.10. The molecule has 17 heavy (non-hydrogen) atoms. The third kappa shape index (κ3) is 4.51. The number of hydrogen-bond acceptors (Lipinski definition) is 1. The Morgan fingerprint density at radius 2 is 1.82 bits per heavy atom. The van der Waals surface area contributed by atoms with Crippen LogP contribution in [-0.4, -0.2) is 6.54 Å². The average Bonchev–Trinajstić information content (AvgIpc) is 2.32. The lowest BCUT2D eigenvalue weighted by atomic mass is 9.97. The maximum atomic E-state index is 3.60. The molecule has 0 spiro atoms. The van der Waals surface area contributed by atoms with E-state index in [0.717, 1.165) is 6.54 Å². The number of hydrogen-bond donors (Lipinski definition) is 1. The largest absolute Gasteiger partial charge is 0.310 e. The summed E-state index contributed by atoms with van der Waals surface area (Å²) in [5, 5.41) is 3.60. The summed E-state index contributed by atoms with van der Waals surface area (Å²) in [6.45, 7) is 9.88. The van der Waals surface area contributed by atoms with Crippen LogP contribution in [0.25, 0.3) is 0 Å². The van der Waals surface area contributed by atoms with Gasteiger partial charge in [-0.15, -0.1) is 0 Å². The third-order valence-electron chi connectivity index (χ3n) is 3.48. The lowest BCUT2D eigenvalue weighted by Crippen LogP contribution is -2.21. The number of unbranched alkanes of at least 4 members (excludes halogenated alkanes) is 2. The molecular weight excluding hydrogens is 206 g/mol. The lowest BCUT2D eigenvalue weighted by molar-refractivity contribution is 0.486. The van der Waals surface area contributed by atoms with Crippen molar-refractivity contribution in [1.82, 2.24) is 5.32 Å². The first kappa shape index (κ1) is 14.2. The summed E-state index contributed by atoms with van der Waals surface area (Å²) in [6, 6.07) is 7.40. The van der Waals surface area contributed by atoms with Gasteiger partial charge in [0.2, 0.25) is 0 Å². The Kier molecular flexibility index (Phi) is 6.28. The topological polar surface area (TPSA) is 12.0 Å². The molecule has 0 saturated carbocycles. The third-order valence-corrected chi connectivity index (χ3v) is 3.48. The molecule has 1 rings (SSSR count).